The van der Waals surface area contributed by atoms with Crippen molar-refractivity contribution in [1.82, 2.24) is 0 Å². The third-order valence-corrected chi connectivity index (χ3v) is 2.83. The lowest BCUT2D eigenvalue weighted by Gasteiger charge is -2.09. The molecule has 0 saturated heterocycles. The highest BCUT2D eigenvalue weighted by molar-refractivity contribution is 9.10. The van der Waals surface area contributed by atoms with Gasteiger partial charge in [-0.3, -0.25) is 14.9 Å². The van der Waals surface area contributed by atoms with Gasteiger partial charge in [0.25, 0.3) is 5.69 Å². The fourth-order valence-corrected chi connectivity index (χ4v) is 1.85. The summed E-state index contributed by atoms with van der Waals surface area (Å²) in [5, 5.41) is 10.8. The Bertz CT molecular complexity index is 422. The van der Waals surface area contributed by atoms with Crippen molar-refractivity contribution in [2.24, 2.45) is 0 Å². The van der Waals surface area contributed by atoms with Gasteiger partial charge >= 0.3 is 5.97 Å². The molecule has 0 amide bonds. The van der Waals surface area contributed by atoms with Crippen molar-refractivity contribution < 1.29 is 14.5 Å². The first-order valence-electron chi connectivity index (χ1n) is 5.09. The van der Waals surface area contributed by atoms with Crippen molar-refractivity contribution in [2.75, 3.05) is 6.61 Å². The fourth-order valence-electron chi connectivity index (χ4n) is 1.37. The van der Waals surface area contributed by atoms with Crippen molar-refractivity contribution in [3.05, 3.63) is 39.9 Å². The highest BCUT2D eigenvalue weighted by Crippen LogP contribution is 2.21. The van der Waals surface area contributed by atoms with E-state index in [9.17, 15) is 14.9 Å². The lowest BCUT2D eigenvalue weighted by molar-refractivity contribution is -0.385. The monoisotopic (exact) mass is 301 g/mol. The minimum absolute atomic E-state index is 0.0150. The molecule has 0 radical (unpaired) electrons. The molecule has 0 heterocycles. The van der Waals surface area contributed by atoms with Crippen LogP contribution in [0.5, 0.6) is 0 Å². The minimum atomic E-state index is -0.566. The van der Waals surface area contributed by atoms with Crippen LogP contribution in [0, 0.1) is 10.1 Å². The van der Waals surface area contributed by atoms with E-state index >= 15 is 0 Å². The van der Waals surface area contributed by atoms with E-state index in [1.54, 1.807) is 25.1 Å². The number of hydrogen-bond acceptors (Lipinski definition) is 4. The molecular weight excluding hydrogens is 290 g/mol. The van der Waals surface area contributed by atoms with Crippen LogP contribution >= 0.6 is 15.9 Å². The maximum absolute atomic E-state index is 11.4. The molecule has 92 valence electrons. The number of nitro benzene ring substituents is 1. The molecule has 5 nitrogen and oxygen atoms in total. The summed E-state index contributed by atoms with van der Waals surface area (Å²) in [6.07, 6.45) is 0.232. The summed E-state index contributed by atoms with van der Waals surface area (Å²) < 4.78 is 4.82. The molecule has 0 N–H and O–H groups in total. The normalized spacial score (nSPS) is 11.9. The number of nitro groups is 1. The zero-order valence-corrected chi connectivity index (χ0v) is 10.8. The van der Waals surface area contributed by atoms with Crippen LogP contribution in [-0.4, -0.2) is 22.3 Å². The Morgan fingerprint density at radius 1 is 1.53 bits per heavy atom. The zero-order valence-electron chi connectivity index (χ0n) is 9.26. The molecule has 1 atom stereocenters. The molecule has 1 aromatic rings. The number of ether oxygens (including phenoxy) is 1. The van der Waals surface area contributed by atoms with Gasteiger partial charge in [-0.2, -0.15) is 0 Å². The number of halogens is 1. The summed E-state index contributed by atoms with van der Waals surface area (Å²) >= 11 is 3.17. The molecule has 1 aromatic carbocycles. The van der Waals surface area contributed by atoms with Crippen LogP contribution in [0.25, 0.3) is 0 Å². The SMILES string of the molecule is CCOC(=O)[C@@H](Br)Cc1ccccc1[N+](=O)[O-]. The largest absolute Gasteiger partial charge is 0.465 e. The van der Waals surface area contributed by atoms with Gasteiger partial charge in [0.2, 0.25) is 0 Å². The van der Waals surface area contributed by atoms with Crippen molar-refractivity contribution in [2.45, 2.75) is 18.2 Å². The smallest absolute Gasteiger partial charge is 0.320 e. The Morgan fingerprint density at radius 2 is 2.18 bits per heavy atom. The van der Waals surface area contributed by atoms with Gasteiger partial charge in [-0.05, 0) is 6.92 Å². The standard InChI is InChI=1S/C11H12BrNO4/c1-2-17-11(14)9(12)7-8-5-3-4-6-10(8)13(15)16/h3-6,9H,2,7H2,1H3/t9-/m0/s1. The van der Waals surface area contributed by atoms with Gasteiger partial charge < -0.3 is 4.74 Å². The van der Waals surface area contributed by atoms with Gasteiger partial charge in [-0.1, -0.05) is 34.1 Å². The zero-order chi connectivity index (χ0) is 12.8. The molecule has 0 aliphatic heterocycles. The Morgan fingerprint density at radius 3 is 2.76 bits per heavy atom. The second kappa shape index (κ2) is 6.34. The van der Waals surface area contributed by atoms with Gasteiger partial charge in [0.1, 0.15) is 4.83 Å². The molecule has 0 aliphatic rings. The second-order valence-electron chi connectivity index (χ2n) is 3.31. The van der Waals surface area contributed by atoms with Crippen LogP contribution < -0.4 is 0 Å². The number of alkyl halides is 1. The number of rotatable bonds is 5. The lowest BCUT2D eigenvalue weighted by Crippen LogP contribution is -2.20. The molecule has 0 aliphatic carbocycles. The first kappa shape index (κ1) is 13.6. The third kappa shape index (κ3) is 3.81. The molecule has 0 unspecified atom stereocenters. The van der Waals surface area contributed by atoms with E-state index in [1.165, 1.54) is 6.07 Å². The lowest BCUT2D eigenvalue weighted by atomic mass is 10.1. The van der Waals surface area contributed by atoms with Crippen LogP contribution in [0.4, 0.5) is 5.69 Å². The minimum Gasteiger partial charge on any atom is -0.465 e. The van der Waals surface area contributed by atoms with Crippen LogP contribution in [0.2, 0.25) is 0 Å². The Hall–Kier alpha value is -1.43. The molecular formula is C11H12BrNO4. The first-order valence-corrected chi connectivity index (χ1v) is 6.00. The second-order valence-corrected chi connectivity index (χ2v) is 4.41. The predicted octanol–water partition coefficient (Wildman–Crippen LogP) is 2.46. The maximum atomic E-state index is 11.4. The predicted molar refractivity (Wildman–Crippen MR) is 66.1 cm³/mol. The van der Waals surface area contributed by atoms with Gasteiger partial charge in [0.15, 0.2) is 0 Å². The van der Waals surface area contributed by atoms with Crippen LogP contribution in [0.3, 0.4) is 0 Å². The van der Waals surface area contributed by atoms with E-state index in [0.717, 1.165) is 0 Å². The van der Waals surface area contributed by atoms with E-state index in [-0.39, 0.29) is 18.7 Å². The fraction of sp³-hybridized carbons (Fsp3) is 0.364. The van der Waals surface area contributed by atoms with Crippen LogP contribution in [-0.2, 0) is 16.0 Å². The third-order valence-electron chi connectivity index (χ3n) is 2.13. The van der Waals surface area contributed by atoms with Crippen LogP contribution in [0.1, 0.15) is 12.5 Å². The Kier molecular flexibility index (Phi) is 5.09. The quantitative estimate of drug-likeness (QED) is 0.362. The first-order chi connectivity index (χ1) is 8.06. The molecule has 0 fully saturated rings. The number of nitrogens with zero attached hydrogens (tertiary/aromatic N) is 1. The van der Waals surface area contributed by atoms with Crippen molar-refractivity contribution in [3.63, 3.8) is 0 Å². The Labute approximate surface area is 107 Å². The molecule has 0 aromatic heterocycles. The van der Waals surface area contributed by atoms with Gasteiger partial charge in [-0.15, -0.1) is 0 Å². The number of benzene rings is 1. The van der Waals surface area contributed by atoms with E-state index < -0.39 is 15.7 Å². The summed E-state index contributed by atoms with van der Waals surface area (Å²) in [4.78, 5) is 21.1. The maximum Gasteiger partial charge on any atom is 0.320 e. The number of esters is 1. The van der Waals surface area contributed by atoms with Crippen molar-refractivity contribution in [3.8, 4) is 0 Å². The summed E-state index contributed by atoms with van der Waals surface area (Å²) in [6.45, 7) is 2.00. The van der Waals surface area contributed by atoms with E-state index in [2.05, 4.69) is 15.9 Å². The van der Waals surface area contributed by atoms with E-state index in [4.69, 9.17) is 4.74 Å². The Balaban J connectivity index is 2.81. The van der Waals surface area contributed by atoms with E-state index in [1.807, 2.05) is 0 Å². The molecule has 0 spiro atoms. The molecule has 17 heavy (non-hydrogen) atoms. The van der Waals surface area contributed by atoms with Crippen LogP contribution in [0.15, 0.2) is 24.3 Å². The van der Waals surface area contributed by atoms with Gasteiger partial charge in [0, 0.05) is 18.1 Å². The van der Waals surface area contributed by atoms with Crippen molar-refractivity contribution in [1.29, 1.82) is 0 Å². The highest BCUT2D eigenvalue weighted by atomic mass is 79.9. The van der Waals surface area contributed by atoms with E-state index in [0.29, 0.717) is 5.56 Å². The topological polar surface area (TPSA) is 69.4 Å². The number of hydrogen-bond donors (Lipinski definition) is 0. The number of carbonyl (C=O) groups excluding carboxylic acids is 1. The van der Waals surface area contributed by atoms with Gasteiger partial charge in [-0.25, -0.2) is 0 Å². The summed E-state index contributed by atoms with van der Waals surface area (Å²) in [6, 6.07) is 6.34. The number of para-hydroxylation sites is 1. The number of carbonyl (C=O) groups is 1. The average Bonchev–Trinajstić information content (AvgIpc) is 2.29. The summed E-state index contributed by atoms with van der Waals surface area (Å²) in [5.74, 6) is -0.411. The van der Waals surface area contributed by atoms with Gasteiger partial charge in [0.05, 0.1) is 11.5 Å². The molecule has 6 heteroatoms. The van der Waals surface area contributed by atoms with Crippen molar-refractivity contribution >= 4 is 27.6 Å². The average molecular weight is 302 g/mol. The highest BCUT2D eigenvalue weighted by Gasteiger charge is 2.21. The summed E-state index contributed by atoms with van der Waals surface area (Å²) in [7, 11) is 0. The molecule has 0 saturated carbocycles. The molecule has 0 bridgehead atoms. The summed E-state index contributed by atoms with van der Waals surface area (Å²) in [5.41, 5.74) is 0.522. The molecule has 1 rings (SSSR count).